The van der Waals surface area contributed by atoms with Gasteiger partial charge in [-0.25, -0.2) is 4.79 Å². The molecule has 0 bridgehead atoms. The van der Waals surface area contributed by atoms with Gasteiger partial charge in [-0.3, -0.25) is 4.79 Å². The molecule has 1 aliphatic heterocycles. The summed E-state index contributed by atoms with van der Waals surface area (Å²) < 4.78 is 10.9. The highest BCUT2D eigenvalue weighted by Crippen LogP contribution is 2.46. The smallest absolute Gasteiger partial charge is 0.407 e. The van der Waals surface area contributed by atoms with Crippen LogP contribution < -0.4 is 9.47 Å². The lowest BCUT2D eigenvalue weighted by Gasteiger charge is -2.48. The molecule has 0 spiro atoms. The maximum Gasteiger partial charge on any atom is 0.407 e. The van der Waals surface area contributed by atoms with Crippen molar-refractivity contribution in [2.24, 2.45) is 5.41 Å². The fourth-order valence-electron chi connectivity index (χ4n) is 5.95. The Hall–Kier alpha value is -3.42. The van der Waals surface area contributed by atoms with E-state index in [1.807, 2.05) is 43.9 Å². The third-order valence-electron chi connectivity index (χ3n) is 7.74. The van der Waals surface area contributed by atoms with Crippen LogP contribution in [0.1, 0.15) is 55.4 Å². The highest BCUT2D eigenvalue weighted by atomic mass is 16.5. The Morgan fingerprint density at radius 3 is 2.11 bits per heavy atom. The second-order valence-corrected chi connectivity index (χ2v) is 11.1. The molecule has 1 heterocycles. The molecule has 2 atom stereocenters. The number of fused-ring (bicyclic) bond motifs is 2. The van der Waals surface area contributed by atoms with E-state index < -0.39 is 6.09 Å². The van der Waals surface area contributed by atoms with E-state index in [-0.39, 0.29) is 42.0 Å². The molecule has 2 amide bonds. The van der Waals surface area contributed by atoms with Crippen LogP contribution in [0.2, 0.25) is 0 Å². The van der Waals surface area contributed by atoms with E-state index in [1.54, 1.807) is 26.4 Å². The van der Waals surface area contributed by atoms with Crippen molar-refractivity contribution < 1.29 is 29.3 Å². The van der Waals surface area contributed by atoms with Crippen LogP contribution in [0.15, 0.2) is 30.3 Å². The Morgan fingerprint density at radius 1 is 1.03 bits per heavy atom. The second kappa shape index (κ2) is 10.5. The van der Waals surface area contributed by atoms with Gasteiger partial charge >= 0.3 is 6.09 Å². The van der Waals surface area contributed by atoms with Crippen LogP contribution in [0.25, 0.3) is 0 Å². The molecular formula is C29H38N2O6. The number of carbonyl (C=O) groups is 2. The van der Waals surface area contributed by atoms with Crippen LogP contribution in [0.5, 0.6) is 17.2 Å². The molecule has 0 saturated heterocycles. The zero-order valence-electron chi connectivity index (χ0n) is 22.4. The zero-order chi connectivity index (χ0) is 26.9. The van der Waals surface area contributed by atoms with Gasteiger partial charge in [-0.1, -0.05) is 26.8 Å². The molecule has 8 nitrogen and oxygen atoms in total. The number of carbonyl (C=O) groups excluding carboxylic acids is 1. The molecule has 8 heteroatoms. The van der Waals surface area contributed by atoms with Gasteiger partial charge in [0.2, 0.25) is 5.91 Å². The topological polar surface area (TPSA) is 99.5 Å². The highest BCUT2D eigenvalue weighted by Gasteiger charge is 2.44. The lowest BCUT2D eigenvalue weighted by Crippen LogP contribution is -2.53. The molecule has 1 aliphatic carbocycles. The van der Waals surface area contributed by atoms with E-state index in [0.29, 0.717) is 43.9 Å². The van der Waals surface area contributed by atoms with Crippen molar-refractivity contribution in [2.45, 2.75) is 58.4 Å². The number of hydrogen-bond donors (Lipinski definition) is 2. The summed E-state index contributed by atoms with van der Waals surface area (Å²) in [5.74, 6) is 1.57. The lowest BCUT2D eigenvalue weighted by molar-refractivity contribution is -0.131. The molecule has 37 heavy (non-hydrogen) atoms. The lowest BCUT2D eigenvalue weighted by atomic mass is 9.66. The molecule has 0 saturated carbocycles. The fraction of sp³-hybridized carbons (Fsp3) is 0.517. The number of nitrogens with zero attached hydrogens (tertiary/aromatic N) is 2. The Morgan fingerprint density at radius 2 is 1.62 bits per heavy atom. The van der Waals surface area contributed by atoms with Gasteiger partial charge in [-0.15, -0.1) is 0 Å². The molecule has 2 aromatic rings. The molecule has 2 aromatic carbocycles. The van der Waals surface area contributed by atoms with E-state index in [4.69, 9.17) is 9.47 Å². The summed E-state index contributed by atoms with van der Waals surface area (Å²) in [5.41, 5.74) is 4.08. The van der Waals surface area contributed by atoms with E-state index in [9.17, 15) is 19.8 Å². The number of phenols is 1. The first-order valence-corrected chi connectivity index (χ1v) is 12.9. The third-order valence-corrected chi connectivity index (χ3v) is 7.74. The molecular weight excluding hydrogens is 472 g/mol. The normalized spacial score (nSPS) is 17.5. The van der Waals surface area contributed by atoms with Crippen molar-refractivity contribution >= 4 is 12.0 Å². The first-order valence-electron chi connectivity index (χ1n) is 12.9. The van der Waals surface area contributed by atoms with E-state index >= 15 is 0 Å². The molecule has 2 N–H and O–H groups in total. The molecule has 0 fully saturated rings. The fourth-order valence-corrected chi connectivity index (χ4v) is 5.95. The molecule has 0 aromatic heterocycles. The molecule has 4 rings (SSSR count). The quantitative estimate of drug-likeness (QED) is 0.571. The summed E-state index contributed by atoms with van der Waals surface area (Å²) in [6.07, 6.45) is 1.25. The van der Waals surface area contributed by atoms with Crippen molar-refractivity contribution in [3.8, 4) is 17.2 Å². The summed E-state index contributed by atoms with van der Waals surface area (Å²) in [7, 11) is 3.23. The number of hydrogen-bond acceptors (Lipinski definition) is 5. The number of methoxy groups -OCH3 is 2. The maximum atomic E-state index is 13.3. The Kier molecular flexibility index (Phi) is 7.57. The minimum Gasteiger partial charge on any atom is -0.508 e. The van der Waals surface area contributed by atoms with Gasteiger partial charge < -0.3 is 29.5 Å². The van der Waals surface area contributed by atoms with Gasteiger partial charge in [-0.05, 0) is 71.2 Å². The van der Waals surface area contributed by atoms with E-state index in [1.165, 1.54) is 4.90 Å². The van der Waals surface area contributed by atoms with Crippen molar-refractivity contribution in [2.75, 3.05) is 33.9 Å². The Labute approximate surface area is 218 Å². The summed E-state index contributed by atoms with van der Waals surface area (Å²) in [6, 6.07) is 8.98. The molecule has 0 radical (unpaired) electrons. The van der Waals surface area contributed by atoms with Crippen molar-refractivity contribution in [3.05, 3.63) is 52.6 Å². The SMILES string of the molecule is COc1cc2c(cc1OC)CCN(C(=O)CCN(C(=O)O)C(C1Cc3cc(O)ccc31)C(C)(C)C)CC2. The van der Waals surface area contributed by atoms with Gasteiger partial charge in [0.15, 0.2) is 11.5 Å². The number of phenolic OH excluding ortho intramolecular Hbond substituents is 1. The van der Waals surface area contributed by atoms with Crippen molar-refractivity contribution in [3.63, 3.8) is 0 Å². The first kappa shape index (κ1) is 26.6. The number of ether oxygens (including phenoxy) is 2. The summed E-state index contributed by atoms with van der Waals surface area (Å²) >= 11 is 0. The largest absolute Gasteiger partial charge is 0.508 e. The van der Waals surface area contributed by atoms with Crippen molar-refractivity contribution in [1.29, 1.82) is 0 Å². The summed E-state index contributed by atoms with van der Waals surface area (Å²) in [5, 5.41) is 20.0. The van der Waals surface area contributed by atoms with E-state index in [2.05, 4.69) is 0 Å². The summed E-state index contributed by atoms with van der Waals surface area (Å²) in [6.45, 7) is 7.44. The van der Waals surface area contributed by atoms with E-state index in [0.717, 1.165) is 22.3 Å². The number of amides is 2. The second-order valence-electron chi connectivity index (χ2n) is 11.1. The standard InChI is InChI=1S/C29H38N2O6/c1-29(2,3)27(23-15-20-14-21(32)6-7-22(20)23)31(28(34)35)13-10-26(33)30-11-8-18-16-24(36-4)25(37-5)17-19(18)9-12-30/h6-7,14,16-17,23,27,32H,8-13,15H2,1-5H3,(H,34,35). The monoisotopic (exact) mass is 510 g/mol. The molecule has 2 unspecified atom stereocenters. The molecule has 2 aliphatic rings. The first-order chi connectivity index (χ1) is 17.5. The van der Waals surface area contributed by atoms with Crippen LogP contribution in [-0.2, 0) is 24.1 Å². The van der Waals surface area contributed by atoms with Gasteiger partial charge in [0, 0.05) is 38.0 Å². The Bertz CT molecular complexity index is 1140. The third kappa shape index (κ3) is 5.48. The van der Waals surface area contributed by atoms with Gasteiger partial charge in [0.05, 0.1) is 14.2 Å². The maximum absolute atomic E-state index is 13.3. The minimum absolute atomic E-state index is 0.0273. The van der Waals surface area contributed by atoms with Crippen LogP contribution in [-0.4, -0.2) is 71.9 Å². The predicted molar refractivity (Wildman–Crippen MR) is 141 cm³/mol. The van der Waals surface area contributed by atoms with Crippen LogP contribution in [0, 0.1) is 5.41 Å². The van der Waals surface area contributed by atoms with Gasteiger partial charge in [0.25, 0.3) is 0 Å². The number of carboxylic acid groups (broad SMARTS) is 1. The number of rotatable bonds is 7. The zero-order valence-corrected chi connectivity index (χ0v) is 22.4. The van der Waals surface area contributed by atoms with Gasteiger partial charge in [0.1, 0.15) is 5.75 Å². The van der Waals surface area contributed by atoms with Crippen LogP contribution >= 0.6 is 0 Å². The minimum atomic E-state index is -1.01. The van der Waals surface area contributed by atoms with Crippen LogP contribution in [0.3, 0.4) is 0 Å². The molecule has 200 valence electrons. The average Bonchev–Trinajstić information content (AvgIpc) is 3.04. The van der Waals surface area contributed by atoms with Crippen LogP contribution in [0.4, 0.5) is 4.79 Å². The predicted octanol–water partition coefficient (Wildman–Crippen LogP) is 4.46. The Balaban J connectivity index is 1.45. The highest BCUT2D eigenvalue weighted by molar-refractivity contribution is 5.77. The van der Waals surface area contributed by atoms with Gasteiger partial charge in [-0.2, -0.15) is 0 Å². The van der Waals surface area contributed by atoms with Crippen molar-refractivity contribution in [1.82, 2.24) is 9.80 Å². The number of benzene rings is 2. The number of aromatic hydroxyl groups is 1. The summed E-state index contributed by atoms with van der Waals surface area (Å²) in [4.78, 5) is 29.0. The average molecular weight is 511 g/mol.